The molecular formula is C17H17N3S. The standard InChI is InChI=1S/C17H17N3S/c1-18-16-13-6-3-2-5-12(13)11-14(16)20-9-8-19-17(20)15-7-4-10-21-15/h2-10,14,16,18H,11H2,1H3. The summed E-state index contributed by atoms with van der Waals surface area (Å²) in [5.74, 6) is 1.07. The van der Waals surface area contributed by atoms with E-state index in [-0.39, 0.29) is 0 Å². The maximum Gasteiger partial charge on any atom is 0.150 e. The summed E-state index contributed by atoms with van der Waals surface area (Å²) in [6.07, 6.45) is 5.07. The highest BCUT2D eigenvalue weighted by Crippen LogP contribution is 2.41. The molecule has 0 radical (unpaired) electrons. The molecule has 3 nitrogen and oxygen atoms in total. The monoisotopic (exact) mass is 295 g/mol. The van der Waals surface area contributed by atoms with Gasteiger partial charge in [-0.2, -0.15) is 0 Å². The molecule has 2 unspecified atom stereocenters. The predicted molar refractivity (Wildman–Crippen MR) is 86.5 cm³/mol. The van der Waals surface area contributed by atoms with Crippen LogP contribution in [0.1, 0.15) is 23.2 Å². The Morgan fingerprint density at radius 1 is 1.24 bits per heavy atom. The Kier molecular flexibility index (Phi) is 3.13. The minimum Gasteiger partial charge on any atom is -0.325 e. The fourth-order valence-electron chi connectivity index (χ4n) is 3.36. The van der Waals surface area contributed by atoms with Crippen molar-refractivity contribution in [1.82, 2.24) is 14.9 Å². The average molecular weight is 295 g/mol. The number of hydrogen-bond acceptors (Lipinski definition) is 3. The summed E-state index contributed by atoms with van der Waals surface area (Å²) in [5.41, 5.74) is 2.85. The molecule has 1 aliphatic carbocycles. The number of rotatable bonds is 3. The first kappa shape index (κ1) is 12.8. The molecule has 0 amide bonds. The number of nitrogens with zero attached hydrogens (tertiary/aromatic N) is 2. The highest BCUT2D eigenvalue weighted by molar-refractivity contribution is 7.13. The molecule has 2 heterocycles. The Labute approximate surface area is 128 Å². The van der Waals surface area contributed by atoms with Crippen LogP contribution in [0.15, 0.2) is 54.2 Å². The first-order chi connectivity index (χ1) is 10.4. The lowest BCUT2D eigenvalue weighted by molar-refractivity contribution is 0.405. The maximum absolute atomic E-state index is 4.58. The van der Waals surface area contributed by atoms with Crippen molar-refractivity contribution in [3.63, 3.8) is 0 Å². The number of nitrogens with one attached hydrogen (secondary N) is 1. The molecule has 2 aromatic heterocycles. The minimum absolute atomic E-state index is 0.342. The summed E-state index contributed by atoms with van der Waals surface area (Å²) >= 11 is 1.74. The van der Waals surface area contributed by atoms with E-state index in [2.05, 4.69) is 62.8 Å². The first-order valence-electron chi connectivity index (χ1n) is 7.20. The number of fused-ring (bicyclic) bond motifs is 1. The molecule has 21 heavy (non-hydrogen) atoms. The molecular weight excluding hydrogens is 278 g/mol. The fourth-order valence-corrected chi connectivity index (χ4v) is 4.08. The van der Waals surface area contributed by atoms with E-state index in [4.69, 9.17) is 0 Å². The Hall–Kier alpha value is -1.91. The van der Waals surface area contributed by atoms with E-state index in [0.29, 0.717) is 12.1 Å². The number of benzene rings is 1. The zero-order valence-corrected chi connectivity index (χ0v) is 12.7. The average Bonchev–Trinajstić information content (AvgIpc) is 3.24. The predicted octanol–water partition coefficient (Wildman–Crippen LogP) is 3.67. The Bertz CT molecular complexity index is 745. The van der Waals surface area contributed by atoms with E-state index in [1.54, 1.807) is 11.3 Å². The highest BCUT2D eigenvalue weighted by atomic mass is 32.1. The second kappa shape index (κ2) is 5.13. The topological polar surface area (TPSA) is 29.9 Å². The molecule has 4 rings (SSSR count). The number of thiophene rings is 1. The quantitative estimate of drug-likeness (QED) is 0.799. The molecule has 1 aromatic carbocycles. The minimum atomic E-state index is 0.342. The maximum atomic E-state index is 4.58. The van der Waals surface area contributed by atoms with E-state index >= 15 is 0 Å². The molecule has 2 atom stereocenters. The number of imidazole rings is 1. The third-order valence-corrected chi connectivity index (χ3v) is 5.15. The van der Waals surface area contributed by atoms with Gasteiger partial charge in [-0.3, -0.25) is 0 Å². The van der Waals surface area contributed by atoms with Gasteiger partial charge in [-0.05, 0) is 36.0 Å². The molecule has 3 aromatic rings. The molecule has 106 valence electrons. The van der Waals surface area contributed by atoms with Gasteiger partial charge in [0.15, 0.2) is 0 Å². The number of likely N-dealkylation sites (N-methyl/N-ethyl adjacent to an activating group) is 1. The normalized spacial score (nSPS) is 20.6. The van der Waals surface area contributed by atoms with Gasteiger partial charge in [0.05, 0.1) is 17.0 Å². The van der Waals surface area contributed by atoms with Gasteiger partial charge in [0.25, 0.3) is 0 Å². The molecule has 0 spiro atoms. The first-order valence-corrected chi connectivity index (χ1v) is 8.08. The van der Waals surface area contributed by atoms with Crippen LogP contribution in [-0.2, 0) is 6.42 Å². The van der Waals surface area contributed by atoms with Gasteiger partial charge in [0, 0.05) is 12.4 Å². The summed E-state index contributed by atoms with van der Waals surface area (Å²) < 4.78 is 2.33. The fraction of sp³-hybridized carbons (Fsp3) is 0.235. The lowest BCUT2D eigenvalue weighted by atomic mass is 10.1. The van der Waals surface area contributed by atoms with Crippen molar-refractivity contribution in [3.8, 4) is 10.7 Å². The molecule has 0 fully saturated rings. The second-order valence-electron chi connectivity index (χ2n) is 5.37. The lowest BCUT2D eigenvalue weighted by Crippen LogP contribution is -2.24. The van der Waals surface area contributed by atoms with Crippen molar-refractivity contribution in [2.24, 2.45) is 0 Å². The smallest absolute Gasteiger partial charge is 0.150 e. The van der Waals surface area contributed by atoms with Crippen molar-refractivity contribution in [2.75, 3.05) is 7.05 Å². The van der Waals surface area contributed by atoms with Crippen LogP contribution < -0.4 is 5.32 Å². The third kappa shape index (κ3) is 2.03. The van der Waals surface area contributed by atoms with Gasteiger partial charge in [-0.1, -0.05) is 30.3 Å². The van der Waals surface area contributed by atoms with Crippen LogP contribution in [0.2, 0.25) is 0 Å². The van der Waals surface area contributed by atoms with E-state index < -0.39 is 0 Å². The van der Waals surface area contributed by atoms with Crippen LogP contribution in [0.5, 0.6) is 0 Å². The molecule has 1 aliphatic rings. The zero-order chi connectivity index (χ0) is 14.2. The molecule has 0 aliphatic heterocycles. The van der Waals surface area contributed by atoms with Crippen LogP contribution in [0.4, 0.5) is 0 Å². The Balaban J connectivity index is 1.77. The van der Waals surface area contributed by atoms with Crippen LogP contribution in [0.25, 0.3) is 10.7 Å². The van der Waals surface area contributed by atoms with Crippen LogP contribution in [0, 0.1) is 0 Å². The molecule has 0 bridgehead atoms. The zero-order valence-electron chi connectivity index (χ0n) is 11.9. The van der Waals surface area contributed by atoms with Crippen LogP contribution in [0.3, 0.4) is 0 Å². The van der Waals surface area contributed by atoms with Gasteiger partial charge in [0.1, 0.15) is 5.82 Å². The van der Waals surface area contributed by atoms with E-state index in [1.165, 1.54) is 16.0 Å². The largest absolute Gasteiger partial charge is 0.325 e. The number of hydrogen-bond donors (Lipinski definition) is 1. The van der Waals surface area contributed by atoms with Gasteiger partial charge in [-0.25, -0.2) is 4.98 Å². The van der Waals surface area contributed by atoms with Gasteiger partial charge < -0.3 is 9.88 Å². The SMILES string of the molecule is CNC1c2ccccc2CC1n1ccnc1-c1cccs1. The Morgan fingerprint density at radius 3 is 2.95 bits per heavy atom. The lowest BCUT2D eigenvalue weighted by Gasteiger charge is -2.23. The number of aromatic nitrogens is 2. The van der Waals surface area contributed by atoms with Gasteiger partial charge in [0.2, 0.25) is 0 Å². The summed E-state index contributed by atoms with van der Waals surface area (Å²) in [6, 6.07) is 13.7. The molecule has 0 saturated heterocycles. The second-order valence-corrected chi connectivity index (χ2v) is 6.32. The third-order valence-electron chi connectivity index (χ3n) is 4.28. The van der Waals surface area contributed by atoms with Crippen molar-refractivity contribution in [3.05, 3.63) is 65.3 Å². The Morgan fingerprint density at radius 2 is 2.14 bits per heavy atom. The summed E-state index contributed by atoms with van der Waals surface area (Å²) in [5, 5.41) is 5.59. The molecule has 1 N–H and O–H groups in total. The van der Waals surface area contributed by atoms with Gasteiger partial charge >= 0.3 is 0 Å². The van der Waals surface area contributed by atoms with E-state index in [0.717, 1.165) is 12.2 Å². The molecule has 0 saturated carbocycles. The van der Waals surface area contributed by atoms with Crippen LogP contribution >= 0.6 is 11.3 Å². The summed E-state index contributed by atoms with van der Waals surface area (Å²) in [4.78, 5) is 5.81. The van der Waals surface area contributed by atoms with Crippen molar-refractivity contribution in [1.29, 1.82) is 0 Å². The van der Waals surface area contributed by atoms with Crippen molar-refractivity contribution >= 4 is 11.3 Å². The van der Waals surface area contributed by atoms with E-state index in [1.807, 2.05) is 13.2 Å². The van der Waals surface area contributed by atoms with Crippen molar-refractivity contribution in [2.45, 2.75) is 18.5 Å². The van der Waals surface area contributed by atoms with E-state index in [9.17, 15) is 0 Å². The molecule has 4 heteroatoms. The van der Waals surface area contributed by atoms with Crippen LogP contribution in [-0.4, -0.2) is 16.6 Å². The van der Waals surface area contributed by atoms with Crippen molar-refractivity contribution < 1.29 is 0 Å². The summed E-state index contributed by atoms with van der Waals surface area (Å²) in [7, 11) is 2.04. The highest BCUT2D eigenvalue weighted by Gasteiger charge is 2.33. The van der Waals surface area contributed by atoms with Gasteiger partial charge in [-0.15, -0.1) is 11.3 Å². The summed E-state index contributed by atoms with van der Waals surface area (Å²) in [6.45, 7) is 0.